The standard InChI is InChI=1S/C16H14F2N2O2S/c17-11-4-3-5-12(8-11)19-15(21)9-23-10-16(22)20-14-7-2-1-6-13(14)18/h1-8H,9-10H2,(H,19,21)(H,20,22). The van der Waals surface area contributed by atoms with Gasteiger partial charge < -0.3 is 10.6 Å². The smallest absolute Gasteiger partial charge is 0.234 e. The minimum absolute atomic E-state index is 0.00487. The van der Waals surface area contributed by atoms with E-state index in [4.69, 9.17) is 0 Å². The fourth-order valence-electron chi connectivity index (χ4n) is 1.75. The number of benzene rings is 2. The molecule has 120 valence electrons. The molecule has 0 aliphatic heterocycles. The zero-order valence-electron chi connectivity index (χ0n) is 12.0. The molecule has 0 atom stereocenters. The highest BCUT2D eigenvalue weighted by molar-refractivity contribution is 8.00. The van der Waals surface area contributed by atoms with E-state index in [1.807, 2.05) is 0 Å². The fraction of sp³-hybridized carbons (Fsp3) is 0.125. The lowest BCUT2D eigenvalue weighted by Crippen LogP contribution is -2.18. The molecule has 0 spiro atoms. The number of thioether (sulfide) groups is 1. The van der Waals surface area contributed by atoms with Crippen LogP contribution in [0.4, 0.5) is 20.2 Å². The molecular formula is C16H14F2N2O2S. The van der Waals surface area contributed by atoms with E-state index < -0.39 is 17.5 Å². The van der Waals surface area contributed by atoms with E-state index in [1.165, 1.54) is 36.4 Å². The number of anilines is 2. The average molecular weight is 336 g/mol. The van der Waals surface area contributed by atoms with E-state index in [1.54, 1.807) is 12.1 Å². The first-order chi connectivity index (χ1) is 11.0. The number of hydrogen-bond acceptors (Lipinski definition) is 3. The van der Waals surface area contributed by atoms with Gasteiger partial charge in [-0.05, 0) is 30.3 Å². The summed E-state index contributed by atoms with van der Waals surface area (Å²) in [5.41, 5.74) is 0.453. The number of hydrogen-bond donors (Lipinski definition) is 2. The van der Waals surface area contributed by atoms with Crippen molar-refractivity contribution in [1.82, 2.24) is 0 Å². The Bertz CT molecular complexity index is 710. The highest BCUT2D eigenvalue weighted by Crippen LogP contribution is 2.13. The summed E-state index contributed by atoms with van der Waals surface area (Å²) in [4.78, 5) is 23.3. The van der Waals surface area contributed by atoms with Gasteiger partial charge in [-0.2, -0.15) is 0 Å². The van der Waals surface area contributed by atoms with Gasteiger partial charge in [0.25, 0.3) is 0 Å². The first-order valence-corrected chi connectivity index (χ1v) is 7.87. The van der Waals surface area contributed by atoms with Gasteiger partial charge in [0.05, 0.1) is 17.2 Å². The van der Waals surface area contributed by atoms with Gasteiger partial charge in [0.2, 0.25) is 11.8 Å². The molecule has 0 aliphatic rings. The second-order valence-electron chi connectivity index (χ2n) is 4.58. The summed E-state index contributed by atoms with van der Waals surface area (Å²) in [6.45, 7) is 0. The molecule has 4 nitrogen and oxygen atoms in total. The van der Waals surface area contributed by atoms with Crippen LogP contribution >= 0.6 is 11.8 Å². The Kier molecular flexibility index (Phi) is 6.10. The van der Waals surface area contributed by atoms with Crippen molar-refractivity contribution >= 4 is 35.0 Å². The number of carbonyl (C=O) groups excluding carboxylic acids is 2. The second kappa shape index (κ2) is 8.28. The van der Waals surface area contributed by atoms with Crippen LogP contribution in [0.15, 0.2) is 48.5 Å². The monoisotopic (exact) mass is 336 g/mol. The third kappa shape index (κ3) is 5.71. The molecule has 0 saturated heterocycles. The first kappa shape index (κ1) is 17.0. The molecule has 0 aromatic heterocycles. The van der Waals surface area contributed by atoms with Gasteiger partial charge in [0.1, 0.15) is 11.6 Å². The van der Waals surface area contributed by atoms with Crippen LogP contribution in [0.5, 0.6) is 0 Å². The van der Waals surface area contributed by atoms with Crippen LogP contribution < -0.4 is 10.6 Å². The lowest BCUT2D eigenvalue weighted by Gasteiger charge is -2.07. The second-order valence-corrected chi connectivity index (χ2v) is 5.56. The predicted molar refractivity (Wildman–Crippen MR) is 87.4 cm³/mol. The van der Waals surface area contributed by atoms with Crippen molar-refractivity contribution in [2.75, 3.05) is 22.1 Å². The minimum atomic E-state index is -0.519. The molecule has 0 aliphatic carbocycles. The van der Waals surface area contributed by atoms with E-state index in [0.29, 0.717) is 5.69 Å². The van der Waals surface area contributed by atoms with Crippen LogP contribution in [0.1, 0.15) is 0 Å². The van der Waals surface area contributed by atoms with Gasteiger partial charge in [0, 0.05) is 5.69 Å². The van der Waals surface area contributed by atoms with Crippen LogP contribution in [0.25, 0.3) is 0 Å². The summed E-state index contributed by atoms with van der Waals surface area (Å²) in [5, 5.41) is 4.95. The number of rotatable bonds is 6. The van der Waals surface area contributed by atoms with Crippen molar-refractivity contribution in [3.63, 3.8) is 0 Å². The number of para-hydroxylation sites is 1. The average Bonchev–Trinajstić information content (AvgIpc) is 2.49. The molecule has 2 amide bonds. The van der Waals surface area contributed by atoms with E-state index in [2.05, 4.69) is 10.6 Å². The van der Waals surface area contributed by atoms with E-state index in [-0.39, 0.29) is 23.1 Å². The molecule has 2 aromatic rings. The van der Waals surface area contributed by atoms with Crippen molar-refractivity contribution in [2.24, 2.45) is 0 Å². The zero-order valence-corrected chi connectivity index (χ0v) is 12.8. The summed E-state index contributed by atoms with van der Waals surface area (Å²) in [6.07, 6.45) is 0. The molecule has 0 heterocycles. The number of amides is 2. The maximum atomic E-state index is 13.4. The SMILES string of the molecule is O=C(CSCC(=O)Nc1ccccc1F)Nc1cccc(F)c1. The summed E-state index contributed by atoms with van der Waals surface area (Å²) in [5.74, 6) is -1.68. The number of halogens is 2. The van der Waals surface area contributed by atoms with Crippen LogP contribution in [0.3, 0.4) is 0 Å². The maximum Gasteiger partial charge on any atom is 0.234 e. The molecule has 7 heteroatoms. The minimum Gasteiger partial charge on any atom is -0.325 e. The van der Waals surface area contributed by atoms with Gasteiger partial charge in [0.15, 0.2) is 0 Å². The van der Waals surface area contributed by atoms with Gasteiger partial charge in [-0.3, -0.25) is 9.59 Å². The summed E-state index contributed by atoms with van der Waals surface area (Å²) >= 11 is 1.08. The van der Waals surface area contributed by atoms with Crippen molar-refractivity contribution in [1.29, 1.82) is 0 Å². The molecule has 2 N–H and O–H groups in total. The molecular weight excluding hydrogens is 322 g/mol. The maximum absolute atomic E-state index is 13.4. The highest BCUT2D eigenvalue weighted by Gasteiger charge is 2.08. The van der Waals surface area contributed by atoms with Crippen molar-refractivity contribution in [3.05, 3.63) is 60.2 Å². The Hall–Kier alpha value is -2.41. The molecule has 0 bridgehead atoms. The molecule has 0 saturated carbocycles. The molecule has 0 fully saturated rings. The van der Waals surface area contributed by atoms with Gasteiger partial charge in [-0.1, -0.05) is 18.2 Å². The highest BCUT2D eigenvalue weighted by atomic mass is 32.2. The van der Waals surface area contributed by atoms with Crippen molar-refractivity contribution < 1.29 is 18.4 Å². The molecule has 0 unspecified atom stereocenters. The van der Waals surface area contributed by atoms with Crippen LogP contribution in [0, 0.1) is 11.6 Å². The van der Waals surface area contributed by atoms with Crippen molar-refractivity contribution in [3.8, 4) is 0 Å². The van der Waals surface area contributed by atoms with Gasteiger partial charge >= 0.3 is 0 Å². The quantitative estimate of drug-likeness (QED) is 0.851. The Morgan fingerprint density at radius 2 is 1.61 bits per heavy atom. The van der Waals surface area contributed by atoms with Crippen LogP contribution in [-0.4, -0.2) is 23.3 Å². The van der Waals surface area contributed by atoms with E-state index in [9.17, 15) is 18.4 Å². The summed E-state index contributed by atoms with van der Waals surface area (Å²) in [6, 6.07) is 11.4. The lowest BCUT2D eigenvalue weighted by molar-refractivity contribution is -0.114. The molecule has 23 heavy (non-hydrogen) atoms. The third-order valence-corrected chi connectivity index (χ3v) is 3.66. The Morgan fingerprint density at radius 1 is 0.913 bits per heavy atom. The Labute approximate surface area is 136 Å². The Balaban J connectivity index is 1.73. The van der Waals surface area contributed by atoms with Gasteiger partial charge in [-0.15, -0.1) is 11.8 Å². The number of carbonyl (C=O) groups is 2. The normalized spacial score (nSPS) is 10.2. The van der Waals surface area contributed by atoms with Crippen LogP contribution in [-0.2, 0) is 9.59 Å². The predicted octanol–water partition coefficient (Wildman–Crippen LogP) is 3.28. The zero-order chi connectivity index (χ0) is 16.7. The largest absolute Gasteiger partial charge is 0.325 e. The molecule has 2 rings (SSSR count). The fourth-order valence-corrected chi connectivity index (χ4v) is 2.37. The first-order valence-electron chi connectivity index (χ1n) is 6.72. The lowest BCUT2D eigenvalue weighted by atomic mass is 10.3. The van der Waals surface area contributed by atoms with Gasteiger partial charge in [-0.25, -0.2) is 8.78 Å². The van der Waals surface area contributed by atoms with E-state index in [0.717, 1.165) is 11.8 Å². The molecule has 2 aromatic carbocycles. The topological polar surface area (TPSA) is 58.2 Å². The van der Waals surface area contributed by atoms with Crippen LogP contribution in [0.2, 0.25) is 0 Å². The Morgan fingerprint density at radius 3 is 2.30 bits per heavy atom. The third-order valence-electron chi connectivity index (χ3n) is 2.72. The summed E-state index contributed by atoms with van der Waals surface area (Å²) < 4.78 is 26.3. The number of nitrogens with one attached hydrogen (secondary N) is 2. The van der Waals surface area contributed by atoms with Crippen molar-refractivity contribution in [2.45, 2.75) is 0 Å². The van der Waals surface area contributed by atoms with E-state index >= 15 is 0 Å². The molecule has 0 radical (unpaired) electrons. The summed E-state index contributed by atoms with van der Waals surface area (Å²) in [7, 11) is 0.